The van der Waals surface area contributed by atoms with E-state index in [-0.39, 0.29) is 6.04 Å². The third kappa shape index (κ3) is 3.41. The molecule has 0 radical (unpaired) electrons. The Bertz CT molecular complexity index is 908. The summed E-state index contributed by atoms with van der Waals surface area (Å²) in [6.07, 6.45) is 11.1. The maximum atomic E-state index is 5.66. The number of nitrogens with zero attached hydrogens (tertiary/aromatic N) is 6. The average molecular weight is 378 g/mol. The molecule has 2 fully saturated rings. The normalized spacial score (nSPS) is 21.2. The molecule has 5 heterocycles. The highest BCUT2D eigenvalue weighted by molar-refractivity contribution is 5.61. The number of pyridine rings is 1. The first-order valence-electron chi connectivity index (χ1n) is 9.77. The third-order valence-electron chi connectivity index (χ3n) is 5.56. The summed E-state index contributed by atoms with van der Waals surface area (Å²) >= 11 is 0. The molecule has 0 bridgehead atoms. The van der Waals surface area contributed by atoms with E-state index in [0.717, 1.165) is 62.3 Å². The second-order valence-electron chi connectivity index (χ2n) is 7.25. The molecule has 0 amide bonds. The fourth-order valence-electron chi connectivity index (χ4n) is 4.12. The van der Waals surface area contributed by atoms with Crippen molar-refractivity contribution in [2.45, 2.75) is 37.8 Å². The van der Waals surface area contributed by atoms with Crippen molar-refractivity contribution in [3.05, 3.63) is 42.9 Å². The highest BCUT2D eigenvalue weighted by Gasteiger charge is 2.36. The molecule has 0 spiro atoms. The van der Waals surface area contributed by atoms with Gasteiger partial charge in [-0.25, -0.2) is 9.97 Å². The number of hydrogen-bond acceptors (Lipinski definition) is 8. The van der Waals surface area contributed by atoms with Crippen LogP contribution >= 0.6 is 0 Å². The standard InChI is InChI=1S/C20H22N6O2/c1-2-18(26(7-1)16-5-8-27-9-6-16)20-24-19(25-28-20)14-3-4-17(23-12-14)15-10-21-13-22-11-15/h3-4,10-13,16,18H,1-2,5-9H2. The van der Waals surface area contributed by atoms with E-state index in [1.165, 1.54) is 6.33 Å². The van der Waals surface area contributed by atoms with Crippen LogP contribution in [0.2, 0.25) is 0 Å². The summed E-state index contributed by atoms with van der Waals surface area (Å²) in [5.74, 6) is 1.29. The SMILES string of the molecule is c1ncc(-c2ccc(-c3noc(C4CCCN4C4CCOCC4)n3)cn2)cn1. The molecular formula is C20H22N6O2. The van der Waals surface area contributed by atoms with Gasteiger partial charge in [-0.1, -0.05) is 5.16 Å². The van der Waals surface area contributed by atoms with Crippen LogP contribution in [-0.2, 0) is 4.74 Å². The van der Waals surface area contributed by atoms with E-state index in [0.29, 0.717) is 17.8 Å². The smallest absolute Gasteiger partial charge is 0.244 e. The van der Waals surface area contributed by atoms with Gasteiger partial charge in [-0.05, 0) is 44.4 Å². The van der Waals surface area contributed by atoms with Crippen molar-refractivity contribution in [1.29, 1.82) is 0 Å². The summed E-state index contributed by atoms with van der Waals surface area (Å²) in [4.78, 5) is 19.8. The molecule has 3 aromatic heterocycles. The van der Waals surface area contributed by atoms with E-state index in [2.05, 4.69) is 25.0 Å². The third-order valence-corrected chi connectivity index (χ3v) is 5.56. The molecule has 0 aromatic carbocycles. The monoisotopic (exact) mass is 378 g/mol. The van der Waals surface area contributed by atoms with Gasteiger partial charge in [0.15, 0.2) is 0 Å². The van der Waals surface area contributed by atoms with Crippen LogP contribution in [0.4, 0.5) is 0 Å². The zero-order valence-electron chi connectivity index (χ0n) is 15.6. The Balaban J connectivity index is 1.34. The first-order valence-corrected chi connectivity index (χ1v) is 9.77. The van der Waals surface area contributed by atoms with Gasteiger partial charge in [-0.3, -0.25) is 9.88 Å². The second kappa shape index (κ2) is 7.73. The lowest BCUT2D eigenvalue weighted by Gasteiger charge is -2.33. The molecule has 0 aliphatic carbocycles. The Kier molecular flexibility index (Phi) is 4.80. The van der Waals surface area contributed by atoms with Gasteiger partial charge in [0, 0.05) is 49.0 Å². The summed E-state index contributed by atoms with van der Waals surface area (Å²) in [7, 11) is 0. The van der Waals surface area contributed by atoms with Crippen molar-refractivity contribution in [2.75, 3.05) is 19.8 Å². The van der Waals surface area contributed by atoms with E-state index in [1.807, 2.05) is 12.1 Å². The minimum absolute atomic E-state index is 0.207. The van der Waals surface area contributed by atoms with Crippen molar-refractivity contribution < 1.29 is 9.26 Å². The molecule has 2 aliphatic heterocycles. The molecule has 1 atom stereocenters. The van der Waals surface area contributed by atoms with E-state index < -0.39 is 0 Å². The van der Waals surface area contributed by atoms with Crippen LogP contribution in [0.1, 0.15) is 37.6 Å². The number of ether oxygens (including phenoxy) is 1. The summed E-state index contributed by atoms with van der Waals surface area (Å²) in [5, 5.41) is 4.21. The van der Waals surface area contributed by atoms with Gasteiger partial charge in [-0.15, -0.1) is 0 Å². The molecule has 2 aliphatic rings. The first kappa shape index (κ1) is 17.4. The minimum Gasteiger partial charge on any atom is -0.381 e. The van der Waals surface area contributed by atoms with Gasteiger partial charge in [0.1, 0.15) is 6.33 Å². The fourth-order valence-corrected chi connectivity index (χ4v) is 4.12. The number of hydrogen-bond donors (Lipinski definition) is 0. The van der Waals surface area contributed by atoms with Crippen LogP contribution in [0.25, 0.3) is 22.6 Å². The summed E-state index contributed by atoms with van der Waals surface area (Å²) in [5.41, 5.74) is 2.53. The molecule has 8 nitrogen and oxygen atoms in total. The predicted molar refractivity (Wildman–Crippen MR) is 101 cm³/mol. The number of aromatic nitrogens is 5. The van der Waals surface area contributed by atoms with Crippen LogP contribution in [0, 0.1) is 0 Å². The van der Waals surface area contributed by atoms with Gasteiger partial charge in [0.25, 0.3) is 0 Å². The molecular weight excluding hydrogens is 356 g/mol. The van der Waals surface area contributed by atoms with Gasteiger partial charge in [0.05, 0.1) is 11.7 Å². The molecule has 3 aromatic rings. The largest absolute Gasteiger partial charge is 0.381 e. The summed E-state index contributed by atoms with van der Waals surface area (Å²) < 4.78 is 11.2. The Hall–Kier alpha value is -2.71. The topological polar surface area (TPSA) is 90.1 Å². The van der Waals surface area contributed by atoms with Crippen molar-refractivity contribution in [2.24, 2.45) is 0 Å². The van der Waals surface area contributed by atoms with Crippen LogP contribution < -0.4 is 0 Å². The lowest BCUT2D eigenvalue weighted by Crippen LogP contribution is -2.39. The molecule has 0 N–H and O–H groups in total. The van der Waals surface area contributed by atoms with Crippen LogP contribution in [0.15, 0.2) is 41.6 Å². The fraction of sp³-hybridized carbons (Fsp3) is 0.450. The van der Waals surface area contributed by atoms with E-state index in [1.54, 1.807) is 18.6 Å². The Morgan fingerprint density at radius 1 is 0.964 bits per heavy atom. The number of likely N-dealkylation sites (tertiary alicyclic amines) is 1. The van der Waals surface area contributed by atoms with Gasteiger partial charge < -0.3 is 9.26 Å². The van der Waals surface area contributed by atoms with Crippen LogP contribution in [-0.4, -0.2) is 55.8 Å². The molecule has 0 saturated carbocycles. The zero-order chi connectivity index (χ0) is 18.8. The van der Waals surface area contributed by atoms with Crippen molar-refractivity contribution in [3.63, 3.8) is 0 Å². The second-order valence-corrected chi connectivity index (χ2v) is 7.25. The van der Waals surface area contributed by atoms with Crippen molar-refractivity contribution in [3.8, 4) is 22.6 Å². The van der Waals surface area contributed by atoms with E-state index in [9.17, 15) is 0 Å². The Morgan fingerprint density at radius 2 is 1.82 bits per heavy atom. The Labute approximate surface area is 163 Å². The van der Waals surface area contributed by atoms with Crippen LogP contribution in [0.5, 0.6) is 0 Å². The predicted octanol–water partition coefficient (Wildman–Crippen LogP) is 2.90. The molecule has 28 heavy (non-hydrogen) atoms. The lowest BCUT2D eigenvalue weighted by atomic mass is 10.1. The maximum absolute atomic E-state index is 5.66. The van der Waals surface area contributed by atoms with Crippen molar-refractivity contribution >= 4 is 0 Å². The average Bonchev–Trinajstić information content (AvgIpc) is 3.45. The van der Waals surface area contributed by atoms with Gasteiger partial charge >= 0.3 is 0 Å². The van der Waals surface area contributed by atoms with Gasteiger partial charge in [0.2, 0.25) is 11.7 Å². The van der Waals surface area contributed by atoms with Crippen molar-refractivity contribution in [1.82, 2.24) is 30.0 Å². The maximum Gasteiger partial charge on any atom is 0.244 e. The zero-order valence-corrected chi connectivity index (χ0v) is 15.6. The van der Waals surface area contributed by atoms with E-state index >= 15 is 0 Å². The molecule has 144 valence electrons. The highest BCUT2D eigenvalue weighted by Crippen LogP contribution is 2.35. The molecule has 8 heteroatoms. The summed E-state index contributed by atoms with van der Waals surface area (Å²) in [6.45, 7) is 2.77. The first-order chi connectivity index (χ1) is 13.9. The molecule has 2 saturated heterocycles. The van der Waals surface area contributed by atoms with E-state index in [4.69, 9.17) is 14.2 Å². The minimum atomic E-state index is 0.207. The summed E-state index contributed by atoms with van der Waals surface area (Å²) in [6, 6.07) is 4.63. The molecule has 1 unspecified atom stereocenters. The van der Waals surface area contributed by atoms with Gasteiger partial charge in [-0.2, -0.15) is 4.98 Å². The Morgan fingerprint density at radius 3 is 2.61 bits per heavy atom. The highest BCUT2D eigenvalue weighted by atomic mass is 16.5. The molecule has 5 rings (SSSR count). The van der Waals surface area contributed by atoms with Crippen LogP contribution in [0.3, 0.4) is 0 Å². The quantitative estimate of drug-likeness (QED) is 0.684. The number of rotatable bonds is 4. The lowest BCUT2D eigenvalue weighted by molar-refractivity contribution is 0.0243.